The van der Waals surface area contributed by atoms with E-state index in [9.17, 15) is 18.5 Å². The van der Waals surface area contributed by atoms with Gasteiger partial charge in [0.05, 0.1) is 17.0 Å². The van der Waals surface area contributed by atoms with Crippen molar-refractivity contribution in [2.75, 3.05) is 39.0 Å². The maximum absolute atomic E-state index is 13.2. The summed E-state index contributed by atoms with van der Waals surface area (Å²) >= 11 is 0. The van der Waals surface area contributed by atoms with Crippen LogP contribution in [-0.4, -0.2) is 80.1 Å². The third kappa shape index (κ3) is 8.42. The van der Waals surface area contributed by atoms with Gasteiger partial charge in [-0.1, -0.05) is 26.0 Å². The molecule has 3 heterocycles. The average Bonchev–Trinajstić information content (AvgIpc) is 3.33. The molecular formula is C27H39FN4O3S. The molecule has 0 saturated carbocycles. The predicted molar refractivity (Wildman–Crippen MR) is 140 cm³/mol. The smallest absolute Gasteiger partial charge is 0.321 e. The van der Waals surface area contributed by atoms with Gasteiger partial charge in [0.25, 0.3) is 0 Å². The van der Waals surface area contributed by atoms with Crippen molar-refractivity contribution in [1.82, 2.24) is 19.8 Å². The number of nitrogens with zero attached hydrogens (tertiary/aromatic N) is 4. The fraction of sp³-hybridized carbons (Fsp3) is 0.593. The number of carbonyl (C=O) groups is 1. The fourth-order valence-corrected chi connectivity index (χ4v) is 6.18. The molecule has 198 valence electrons. The van der Waals surface area contributed by atoms with Gasteiger partial charge in [0.2, 0.25) is 0 Å². The van der Waals surface area contributed by atoms with E-state index in [1.165, 1.54) is 32.0 Å². The minimum absolute atomic E-state index is 0.0729. The van der Waals surface area contributed by atoms with Gasteiger partial charge in [-0.05, 0) is 87.8 Å². The quantitative estimate of drug-likeness (QED) is 0.564. The Morgan fingerprint density at radius 3 is 2.56 bits per heavy atom. The molecule has 2 aliphatic heterocycles. The number of aromatic nitrogens is 2. The molecule has 0 aliphatic carbocycles. The molecule has 2 saturated heterocycles. The normalized spacial score (nSPS) is 21.1. The molecule has 7 nitrogen and oxygen atoms in total. The van der Waals surface area contributed by atoms with Gasteiger partial charge < -0.3 is 10.0 Å². The van der Waals surface area contributed by atoms with Crippen molar-refractivity contribution in [3.8, 4) is 0 Å². The van der Waals surface area contributed by atoms with Crippen molar-refractivity contribution >= 4 is 16.8 Å². The van der Waals surface area contributed by atoms with E-state index in [2.05, 4.69) is 21.9 Å². The minimum atomic E-state index is -0.981. The van der Waals surface area contributed by atoms with Crippen LogP contribution in [0.25, 0.3) is 0 Å². The summed E-state index contributed by atoms with van der Waals surface area (Å²) in [6.45, 7) is 7.64. The van der Waals surface area contributed by atoms with E-state index < -0.39 is 22.8 Å². The Kier molecular flexibility index (Phi) is 10.9. The summed E-state index contributed by atoms with van der Waals surface area (Å²) in [6, 6.07) is 6.18. The SMILES string of the molecule is CC(C)C(C(=O)O)N1CCC(c2cccc(F)c2)C1.CN1CCC(CCS(=O)c2cnccn2)CC1. The lowest BCUT2D eigenvalue weighted by atomic mass is 9.95. The highest BCUT2D eigenvalue weighted by Gasteiger charge is 2.34. The van der Waals surface area contributed by atoms with Crippen LogP contribution >= 0.6 is 0 Å². The van der Waals surface area contributed by atoms with Gasteiger partial charge in [0, 0.05) is 24.7 Å². The molecule has 9 heteroatoms. The first-order valence-corrected chi connectivity index (χ1v) is 14.1. The summed E-state index contributed by atoms with van der Waals surface area (Å²) in [6.07, 6.45) is 9.20. The van der Waals surface area contributed by atoms with Crippen molar-refractivity contribution in [1.29, 1.82) is 0 Å². The molecule has 0 radical (unpaired) electrons. The maximum Gasteiger partial charge on any atom is 0.321 e. The number of benzene rings is 1. The van der Waals surface area contributed by atoms with Gasteiger partial charge >= 0.3 is 5.97 Å². The first kappa shape index (κ1) is 28.3. The zero-order valence-electron chi connectivity index (χ0n) is 21.6. The van der Waals surface area contributed by atoms with E-state index in [0.717, 1.165) is 30.9 Å². The molecule has 1 aromatic carbocycles. The molecule has 0 amide bonds. The Hall–Kier alpha value is -2.23. The summed E-state index contributed by atoms with van der Waals surface area (Å²) in [5, 5.41) is 9.91. The first-order valence-electron chi connectivity index (χ1n) is 12.8. The molecule has 1 aromatic heterocycles. The molecule has 0 bridgehead atoms. The Balaban J connectivity index is 0.000000202. The average molecular weight is 519 g/mol. The highest BCUT2D eigenvalue weighted by Crippen LogP contribution is 2.30. The molecular weight excluding hydrogens is 479 g/mol. The topological polar surface area (TPSA) is 86.6 Å². The van der Waals surface area contributed by atoms with Crippen LogP contribution in [0.2, 0.25) is 0 Å². The van der Waals surface area contributed by atoms with Crippen LogP contribution in [0.4, 0.5) is 4.39 Å². The number of likely N-dealkylation sites (tertiary alicyclic amines) is 2. The van der Waals surface area contributed by atoms with Gasteiger partial charge in [-0.15, -0.1) is 0 Å². The zero-order chi connectivity index (χ0) is 26.1. The number of carboxylic acids is 1. The fourth-order valence-electron chi connectivity index (χ4n) is 5.07. The number of hydrogen-bond donors (Lipinski definition) is 1. The summed E-state index contributed by atoms with van der Waals surface area (Å²) in [5.74, 6) is 0.754. The lowest BCUT2D eigenvalue weighted by molar-refractivity contribution is -0.144. The van der Waals surface area contributed by atoms with Crippen molar-refractivity contribution in [2.24, 2.45) is 11.8 Å². The Bertz CT molecular complexity index is 986. The highest BCUT2D eigenvalue weighted by molar-refractivity contribution is 7.84. The molecule has 36 heavy (non-hydrogen) atoms. The number of carboxylic acid groups (broad SMARTS) is 1. The summed E-state index contributed by atoms with van der Waals surface area (Å²) in [4.78, 5) is 23.7. The summed E-state index contributed by atoms with van der Waals surface area (Å²) in [7, 11) is 1.18. The second kappa shape index (κ2) is 13.9. The number of rotatable bonds is 8. The van der Waals surface area contributed by atoms with E-state index in [-0.39, 0.29) is 17.7 Å². The summed E-state index contributed by atoms with van der Waals surface area (Å²) in [5.41, 5.74) is 0.968. The first-order chi connectivity index (χ1) is 17.2. The van der Waals surface area contributed by atoms with E-state index in [1.807, 2.05) is 24.8 Å². The molecule has 3 unspecified atom stereocenters. The molecule has 3 atom stereocenters. The lowest BCUT2D eigenvalue weighted by Crippen LogP contribution is -2.43. The number of aliphatic carboxylic acids is 1. The number of hydrogen-bond acceptors (Lipinski definition) is 6. The largest absolute Gasteiger partial charge is 0.480 e. The van der Waals surface area contributed by atoms with Crippen molar-refractivity contribution in [2.45, 2.75) is 56.5 Å². The molecule has 2 aliphatic rings. The van der Waals surface area contributed by atoms with Gasteiger partial charge in [-0.3, -0.25) is 18.9 Å². The van der Waals surface area contributed by atoms with Crippen molar-refractivity contribution < 1.29 is 18.5 Å². The van der Waals surface area contributed by atoms with Gasteiger partial charge in [-0.25, -0.2) is 9.37 Å². The highest BCUT2D eigenvalue weighted by atomic mass is 32.2. The van der Waals surface area contributed by atoms with Crippen LogP contribution in [0, 0.1) is 17.7 Å². The standard InChI is InChI=1S/C15H20FNO2.C12H19N3OS/c1-10(2)14(15(18)19)17-7-6-12(9-17)11-4-3-5-13(16)8-11;1-15-7-2-11(3-8-15)4-9-17(16)12-10-13-5-6-14-12/h3-5,8,10,12,14H,6-7,9H2,1-2H3,(H,18,19);5-6,10-11H,2-4,7-9H2,1H3. The number of piperidine rings is 1. The molecule has 4 rings (SSSR count). The Morgan fingerprint density at radius 2 is 1.94 bits per heavy atom. The molecule has 1 N–H and O–H groups in total. The van der Waals surface area contributed by atoms with Gasteiger partial charge in [-0.2, -0.15) is 0 Å². The van der Waals surface area contributed by atoms with E-state index in [4.69, 9.17) is 0 Å². The second-order valence-corrected chi connectivity index (χ2v) is 11.7. The van der Waals surface area contributed by atoms with E-state index in [1.54, 1.807) is 30.7 Å². The Morgan fingerprint density at radius 1 is 1.19 bits per heavy atom. The maximum atomic E-state index is 13.2. The van der Waals surface area contributed by atoms with Crippen LogP contribution in [0.5, 0.6) is 0 Å². The monoisotopic (exact) mass is 518 g/mol. The Labute approximate surface area is 216 Å². The van der Waals surface area contributed by atoms with Crippen molar-refractivity contribution in [3.05, 3.63) is 54.2 Å². The third-order valence-corrected chi connectivity index (χ3v) is 8.42. The van der Waals surface area contributed by atoms with Crippen LogP contribution in [0.15, 0.2) is 47.9 Å². The van der Waals surface area contributed by atoms with Crippen LogP contribution in [0.3, 0.4) is 0 Å². The van der Waals surface area contributed by atoms with Crippen LogP contribution in [-0.2, 0) is 15.6 Å². The van der Waals surface area contributed by atoms with E-state index >= 15 is 0 Å². The zero-order valence-corrected chi connectivity index (χ0v) is 22.4. The van der Waals surface area contributed by atoms with Crippen LogP contribution < -0.4 is 0 Å². The van der Waals surface area contributed by atoms with Gasteiger partial charge in [0.1, 0.15) is 16.9 Å². The van der Waals surface area contributed by atoms with E-state index in [0.29, 0.717) is 17.3 Å². The number of halogens is 1. The molecule has 2 fully saturated rings. The minimum Gasteiger partial charge on any atom is -0.480 e. The third-order valence-electron chi connectivity index (χ3n) is 7.14. The molecule has 0 spiro atoms. The lowest BCUT2D eigenvalue weighted by Gasteiger charge is -2.28. The summed E-state index contributed by atoms with van der Waals surface area (Å²) < 4.78 is 25.2. The predicted octanol–water partition coefficient (Wildman–Crippen LogP) is 4.04. The second-order valence-electron chi connectivity index (χ2n) is 10.2. The van der Waals surface area contributed by atoms with Crippen LogP contribution in [0.1, 0.15) is 51.0 Å². The van der Waals surface area contributed by atoms with Crippen molar-refractivity contribution in [3.63, 3.8) is 0 Å². The van der Waals surface area contributed by atoms with Gasteiger partial charge in [0.15, 0.2) is 0 Å². The molecule has 2 aromatic rings.